The maximum absolute atomic E-state index is 4.90. The van der Waals surface area contributed by atoms with Gasteiger partial charge in [0.2, 0.25) is 4.80 Å². The molecule has 0 aliphatic heterocycles. The number of thiophene rings is 1. The second kappa shape index (κ2) is 7.82. The van der Waals surface area contributed by atoms with Gasteiger partial charge in [-0.05, 0) is 54.6 Å². The van der Waals surface area contributed by atoms with Gasteiger partial charge in [-0.3, -0.25) is 4.98 Å². The molecule has 1 aromatic carbocycles. The van der Waals surface area contributed by atoms with Gasteiger partial charge in [0.15, 0.2) is 0 Å². The fourth-order valence-electron chi connectivity index (χ4n) is 2.61. The highest BCUT2D eigenvalue weighted by Gasteiger charge is 2.09. The van der Waals surface area contributed by atoms with Gasteiger partial charge in [0, 0.05) is 11.6 Å². The topological polar surface area (TPSA) is 42.5 Å². The molecule has 0 amide bonds. The normalized spacial score (nSPS) is 12.1. The number of thiazole rings is 1. The van der Waals surface area contributed by atoms with Crippen molar-refractivity contribution in [2.75, 3.05) is 0 Å². The maximum atomic E-state index is 4.90. The predicted octanol–water partition coefficient (Wildman–Crippen LogP) is 5.40. The fraction of sp³-hybridized carbons (Fsp3) is 0.0952. The number of pyridine rings is 1. The molecule has 0 aliphatic rings. The average Bonchev–Trinajstić information content (AvgIpc) is 3.34. The van der Waals surface area contributed by atoms with Crippen molar-refractivity contribution in [3.8, 4) is 10.6 Å². The first-order valence-electron chi connectivity index (χ1n) is 8.53. The lowest BCUT2D eigenvalue weighted by atomic mass is 10.1. The minimum absolute atomic E-state index is 0.811. The Kier molecular flexibility index (Phi) is 5.09. The molecule has 0 radical (unpaired) electrons. The molecular formula is C21H18N4S2. The van der Waals surface area contributed by atoms with E-state index in [1.54, 1.807) is 35.1 Å². The smallest absolute Gasteiger partial charge is 0.211 e. The highest BCUT2D eigenvalue weighted by molar-refractivity contribution is 7.14. The number of hydrogen-bond donors (Lipinski definition) is 0. The van der Waals surface area contributed by atoms with E-state index in [0.29, 0.717) is 0 Å². The lowest BCUT2D eigenvalue weighted by molar-refractivity contribution is 0.855. The van der Waals surface area contributed by atoms with E-state index in [1.165, 1.54) is 11.1 Å². The van der Waals surface area contributed by atoms with E-state index in [0.717, 1.165) is 26.8 Å². The number of aromatic nitrogens is 2. The van der Waals surface area contributed by atoms with Crippen LogP contribution >= 0.6 is 22.7 Å². The van der Waals surface area contributed by atoms with Gasteiger partial charge in [0.25, 0.3) is 0 Å². The first kappa shape index (κ1) is 17.6. The van der Waals surface area contributed by atoms with Crippen LogP contribution in [0.25, 0.3) is 10.6 Å². The van der Waals surface area contributed by atoms with Crippen molar-refractivity contribution in [3.05, 3.63) is 87.1 Å². The number of hydrogen-bond acceptors (Lipinski definition) is 5. The van der Waals surface area contributed by atoms with E-state index in [-0.39, 0.29) is 0 Å². The van der Waals surface area contributed by atoms with Crippen LogP contribution in [0.1, 0.15) is 16.8 Å². The molecule has 0 aliphatic carbocycles. The molecule has 3 heterocycles. The summed E-state index contributed by atoms with van der Waals surface area (Å²) >= 11 is 3.28. The van der Waals surface area contributed by atoms with E-state index in [9.17, 15) is 0 Å². The van der Waals surface area contributed by atoms with Crippen LogP contribution in [0.3, 0.4) is 0 Å². The zero-order valence-electron chi connectivity index (χ0n) is 15.0. The van der Waals surface area contributed by atoms with Crippen molar-refractivity contribution < 1.29 is 0 Å². The molecule has 4 aromatic rings. The van der Waals surface area contributed by atoms with Crippen molar-refractivity contribution >= 4 is 34.6 Å². The summed E-state index contributed by atoms with van der Waals surface area (Å²) in [5.41, 5.74) is 5.23. The third-order valence-corrected chi connectivity index (χ3v) is 5.95. The molecule has 0 saturated carbocycles. The Labute approximate surface area is 165 Å². The molecule has 27 heavy (non-hydrogen) atoms. The molecule has 134 valence electrons. The summed E-state index contributed by atoms with van der Waals surface area (Å²) in [6, 6.07) is 16.1. The lowest BCUT2D eigenvalue weighted by Crippen LogP contribution is -2.11. The Morgan fingerprint density at radius 1 is 1.00 bits per heavy atom. The first-order chi connectivity index (χ1) is 13.2. The Morgan fingerprint density at radius 3 is 2.70 bits per heavy atom. The van der Waals surface area contributed by atoms with Gasteiger partial charge in [-0.1, -0.05) is 24.3 Å². The van der Waals surface area contributed by atoms with Gasteiger partial charge in [-0.25, -0.2) is 9.67 Å². The zero-order chi connectivity index (χ0) is 18.6. The van der Waals surface area contributed by atoms with Gasteiger partial charge >= 0.3 is 0 Å². The van der Waals surface area contributed by atoms with E-state index in [1.807, 2.05) is 41.1 Å². The molecule has 6 heteroatoms. The molecule has 0 N–H and O–H groups in total. The molecular weight excluding hydrogens is 372 g/mol. The minimum atomic E-state index is 0.811. The Balaban J connectivity index is 1.86. The summed E-state index contributed by atoms with van der Waals surface area (Å²) in [4.78, 5) is 11.2. The van der Waals surface area contributed by atoms with Crippen LogP contribution in [-0.2, 0) is 0 Å². The molecule has 3 aromatic heterocycles. The van der Waals surface area contributed by atoms with Gasteiger partial charge in [-0.15, -0.1) is 22.7 Å². The van der Waals surface area contributed by atoms with Crippen molar-refractivity contribution in [3.63, 3.8) is 0 Å². The number of rotatable bonds is 4. The summed E-state index contributed by atoms with van der Waals surface area (Å²) in [5, 5.41) is 8.87. The van der Waals surface area contributed by atoms with Gasteiger partial charge in [-0.2, -0.15) is 5.10 Å². The third kappa shape index (κ3) is 3.82. The lowest BCUT2D eigenvalue weighted by Gasteiger charge is -2.04. The first-order valence-corrected chi connectivity index (χ1v) is 10.3. The largest absolute Gasteiger partial charge is 0.255 e. The average molecular weight is 391 g/mol. The maximum Gasteiger partial charge on any atom is 0.211 e. The second-order valence-corrected chi connectivity index (χ2v) is 7.81. The van der Waals surface area contributed by atoms with Crippen LogP contribution < -0.4 is 4.80 Å². The molecule has 0 saturated heterocycles. The molecule has 0 unspecified atom stereocenters. The number of aryl methyl sites for hydroxylation is 1. The van der Waals surface area contributed by atoms with Crippen LogP contribution in [-0.4, -0.2) is 15.9 Å². The molecule has 0 bridgehead atoms. The molecule has 0 atom stereocenters. The van der Waals surface area contributed by atoms with Crippen molar-refractivity contribution in [2.45, 2.75) is 13.8 Å². The predicted molar refractivity (Wildman–Crippen MR) is 114 cm³/mol. The standard InChI is InChI=1S/C21H18N4S2/c1-15-7-5-9-18(16(15)2)24-21-25(23-13-17-8-3-4-11-22-17)19(14-27-21)20-10-6-12-26-20/h3-14H,1-2H3. The van der Waals surface area contributed by atoms with Gasteiger partial charge < -0.3 is 0 Å². The van der Waals surface area contributed by atoms with E-state index in [4.69, 9.17) is 10.1 Å². The van der Waals surface area contributed by atoms with Crippen LogP contribution in [0.2, 0.25) is 0 Å². The Hall–Kier alpha value is -2.83. The SMILES string of the molecule is Cc1cccc(N=c2scc(-c3cccs3)n2N=Cc2ccccn2)c1C. The third-order valence-electron chi connectivity index (χ3n) is 4.24. The van der Waals surface area contributed by atoms with Crippen LogP contribution in [0.4, 0.5) is 5.69 Å². The summed E-state index contributed by atoms with van der Waals surface area (Å²) in [6.45, 7) is 4.20. The molecule has 0 spiro atoms. The zero-order valence-corrected chi connectivity index (χ0v) is 16.7. The van der Waals surface area contributed by atoms with Crippen LogP contribution in [0.15, 0.2) is 75.6 Å². The highest BCUT2D eigenvalue weighted by Crippen LogP contribution is 2.26. The Morgan fingerprint density at radius 2 is 1.93 bits per heavy atom. The van der Waals surface area contributed by atoms with Crippen LogP contribution in [0.5, 0.6) is 0 Å². The minimum Gasteiger partial charge on any atom is -0.255 e. The van der Waals surface area contributed by atoms with Crippen molar-refractivity contribution in [1.82, 2.24) is 9.66 Å². The van der Waals surface area contributed by atoms with E-state index in [2.05, 4.69) is 41.7 Å². The van der Waals surface area contributed by atoms with Crippen LogP contribution in [0, 0.1) is 13.8 Å². The van der Waals surface area contributed by atoms with Crippen molar-refractivity contribution in [1.29, 1.82) is 0 Å². The summed E-state index contributed by atoms with van der Waals surface area (Å²) in [7, 11) is 0. The molecule has 4 nitrogen and oxygen atoms in total. The summed E-state index contributed by atoms with van der Waals surface area (Å²) in [6.07, 6.45) is 3.53. The Bertz CT molecular complexity index is 1140. The quantitative estimate of drug-likeness (QED) is 0.430. The summed E-state index contributed by atoms with van der Waals surface area (Å²) < 4.78 is 1.90. The summed E-state index contributed by atoms with van der Waals surface area (Å²) in [5.74, 6) is 0. The van der Waals surface area contributed by atoms with E-state index < -0.39 is 0 Å². The fourth-order valence-corrected chi connectivity index (χ4v) is 4.25. The number of benzene rings is 1. The van der Waals surface area contributed by atoms with Gasteiger partial charge in [0.1, 0.15) is 0 Å². The second-order valence-electron chi connectivity index (χ2n) is 6.02. The highest BCUT2D eigenvalue weighted by atomic mass is 32.1. The van der Waals surface area contributed by atoms with Crippen molar-refractivity contribution in [2.24, 2.45) is 10.1 Å². The monoisotopic (exact) mass is 390 g/mol. The molecule has 4 rings (SSSR count). The number of nitrogens with zero attached hydrogens (tertiary/aromatic N) is 4. The molecule has 0 fully saturated rings. The van der Waals surface area contributed by atoms with Gasteiger partial charge in [0.05, 0.1) is 28.2 Å². The van der Waals surface area contributed by atoms with E-state index >= 15 is 0 Å².